The molecule has 0 spiro atoms. The summed E-state index contributed by atoms with van der Waals surface area (Å²) in [4.78, 5) is 0. The predicted molar refractivity (Wildman–Crippen MR) is 84.2 cm³/mol. The van der Waals surface area contributed by atoms with Crippen molar-refractivity contribution in [3.05, 3.63) is 0 Å². The fraction of sp³-hybridized carbons (Fsp3) is 1.00. The first-order valence-electron chi connectivity index (χ1n) is 8.19. The molecule has 116 valence electrons. The zero-order valence-electron chi connectivity index (χ0n) is 13.4. The van der Waals surface area contributed by atoms with E-state index in [-0.39, 0.29) is 12.1 Å². The van der Waals surface area contributed by atoms with Crippen LogP contribution in [0.4, 0.5) is 0 Å². The number of hydrogen-bond acceptors (Lipinski definition) is 3. The molecule has 0 aliphatic heterocycles. The maximum atomic E-state index is 6.04. The van der Waals surface area contributed by atoms with Crippen molar-refractivity contribution in [3.63, 3.8) is 0 Å². The quantitative estimate of drug-likeness (QED) is 0.505. The standard InChI is InChI=1S/C16H36N2O/c1-4-16(15(18)11-12-17)19-13-9-7-5-6-8-10-14(2)3/h14-16H,4-13,17-18H2,1-3H3. The first-order chi connectivity index (χ1) is 9.11. The number of unbranched alkanes of at least 4 members (excludes halogenated alkanes) is 4. The van der Waals surface area contributed by atoms with E-state index >= 15 is 0 Å². The fourth-order valence-electron chi connectivity index (χ4n) is 2.34. The Balaban J connectivity index is 3.41. The Labute approximate surface area is 120 Å². The van der Waals surface area contributed by atoms with Gasteiger partial charge in [-0.1, -0.05) is 52.9 Å². The fourth-order valence-corrected chi connectivity index (χ4v) is 2.34. The Hall–Kier alpha value is -0.120. The van der Waals surface area contributed by atoms with Crippen LogP contribution in [0.1, 0.15) is 72.1 Å². The summed E-state index contributed by atoms with van der Waals surface area (Å²) < 4.78 is 5.87. The molecule has 2 unspecified atom stereocenters. The molecular weight excluding hydrogens is 236 g/mol. The van der Waals surface area contributed by atoms with Crippen molar-refractivity contribution < 1.29 is 4.74 Å². The molecule has 0 aromatic carbocycles. The Kier molecular flexibility index (Phi) is 12.8. The van der Waals surface area contributed by atoms with E-state index in [0.29, 0.717) is 6.54 Å². The molecule has 0 aliphatic carbocycles. The highest BCUT2D eigenvalue weighted by molar-refractivity contribution is 4.72. The number of nitrogens with two attached hydrogens (primary N) is 2. The summed E-state index contributed by atoms with van der Waals surface area (Å²) in [6.07, 6.45) is 9.89. The van der Waals surface area contributed by atoms with Crippen molar-refractivity contribution in [2.24, 2.45) is 17.4 Å². The van der Waals surface area contributed by atoms with Gasteiger partial charge in [0.25, 0.3) is 0 Å². The molecule has 0 heterocycles. The summed E-state index contributed by atoms with van der Waals surface area (Å²) in [5.41, 5.74) is 11.6. The highest BCUT2D eigenvalue weighted by Gasteiger charge is 2.15. The Morgan fingerprint density at radius 2 is 1.58 bits per heavy atom. The average molecular weight is 272 g/mol. The molecule has 0 rings (SSSR count). The van der Waals surface area contributed by atoms with Gasteiger partial charge in [0, 0.05) is 12.6 Å². The van der Waals surface area contributed by atoms with Crippen LogP contribution in [-0.4, -0.2) is 25.3 Å². The molecule has 0 fully saturated rings. The summed E-state index contributed by atoms with van der Waals surface area (Å²) in [7, 11) is 0. The van der Waals surface area contributed by atoms with Gasteiger partial charge in [-0.3, -0.25) is 0 Å². The van der Waals surface area contributed by atoms with Crippen LogP contribution in [0.2, 0.25) is 0 Å². The molecule has 0 bridgehead atoms. The maximum absolute atomic E-state index is 6.04. The first kappa shape index (κ1) is 18.9. The molecule has 2 atom stereocenters. The van der Waals surface area contributed by atoms with Crippen molar-refractivity contribution >= 4 is 0 Å². The van der Waals surface area contributed by atoms with Crippen molar-refractivity contribution in [2.45, 2.75) is 84.3 Å². The van der Waals surface area contributed by atoms with Crippen LogP contribution in [-0.2, 0) is 4.74 Å². The van der Waals surface area contributed by atoms with Crippen LogP contribution < -0.4 is 11.5 Å². The van der Waals surface area contributed by atoms with E-state index in [1.54, 1.807) is 0 Å². The average Bonchev–Trinajstić information content (AvgIpc) is 2.37. The molecule has 0 saturated carbocycles. The summed E-state index contributed by atoms with van der Waals surface area (Å²) in [6, 6.07) is 0.0982. The van der Waals surface area contributed by atoms with Gasteiger partial charge in [0.05, 0.1) is 6.10 Å². The first-order valence-corrected chi connectivity index (χ1v) is 8.19. The maximum Gasteiger partial charge on any atom is 0.0723 e. The third-order valence-corrected chi connectivity index (χ3v) is 3.64. The van der Waals surface area contributed by atoms with Crippen LogP contribution in [0, 0.1) is 5.92 Å². The normalized spacial score (nSPS) is 14.8. The second-order valence-corrected chi connectivity index (χ2v) is 6.01. The summed E-state index contributed by atoms with van der Waals surface area (Å²) in [5.74, 6) is 0.845. The van der Waals surface area contributed by atoms with E-state index in [0.717, 1.165) is 31.8 Å². The third kappa shape index (κ3) is 11.4. The third-order valence-electron chi connectivity index (χ3n) is 3.64. The summed E-state index contributed by atoms with van der Waals surface area (Å²) in [5, 5.41) is 0. The van der Waals surface area contributed by atoms with Crippen LogP contribution >= 0.6 is 0 Å². The van der Waals surface area contributed by atoms with Gasteiger partial charge in [0.2, 0.25) is 0 Å². The topological polar surface area (TPSA) is 61.3 Å². The minimum absolute atomic E-state index is 0.0982. The van der Waals surface area contributed by atoms with Crippen LogP contribution in [0.15, 0.2) is 0 Å². The molecule has 0 aromatic heterocycles. The van der Waals surface area contributed by atoms with Crippen molar-refractivity contribution in [3.8, 4) is 0 Å². The Bertz CT molecular complexity index is 186. The molecule has 3 nitrogen and oxygen atoms in total. The van der Waals surface area contributed by atoms with Crippen molar-refractivity contribution in [1.82, 2.24) is 0 Å². The van der Waals surface area contributed by atoms with Gasteiger partial charge in [-0.05, 0) is 31.7 Å². The van der Waals surface area contributed by atoms with Crippen molar-refractivity contribution in [2.75, 3.05) is 13.2 Å². The lowest BCUT2D eigenvalue weighted by Crippen LogP contribution is -2.38. The molecule has 0 amide bonds. The number of hydrogen-bond donors (Lipinski definition) is 2. The van der Waals surface area contributed by atoms with Gasteiger partial charge in [-0.25, -0.2) is 0 Å². The molecule has 0 saturated heterocycles. The molecule has 19 heavy (non-hydrogen) atoms. The Morgan fingerprint density at radius 3 is 2.16 bits per heavy atom. The van der Waals surface area contributed by atoms with Gasteiger partial charge < -0.3 is 16.2 Å². The van der Waals surface area contributed by atoms with Gasteiger partial charge in [0.15, 0.2) is 0 Å². The second-order valence-electron chi connectivity index (χ2n) is 6.01. The molecular formula is C16H36N2O. The van der Waals surface area contributed by atoms with E-state index in [2.05, 4.69) is 20.8 Å². The van der Waals surface area contributed by atoms with E-state index in [1.807, 2.05) is 0 Å². The molecule has 3 heteroatoms. The van der Waals surface area contributed by atoms with Crippen LogP contribution in [0.5, 0.6) is 0 Å². The zero-order chi connectivity index (χ0) is 14.5. The van der Waals surface area contributed by atoms with E-state index < -0.39 is 0 Å². The predicted octanol–water partition coefficient (Wildman–Crippen LogP) is 3.45. The monoisotopic (exact) mass is 272 g/mol. The largest absolute Gasteiger partial charge is 0.377 e. The smallest absolute Gasteiger partial charge is 0.0723 e. The van der Waals surface area contributed by atoms with Gasteiger partial charge in [0.1, 0.15) is 0 Å². The highest BCUT2D eigenvalue weighted by Crippen LogP contribution is 2.11. The summed E-state index contributed by atoms with van der Waals surface area (Å²) in [6.45, 7) is 8.22. The lowest BCUT2D eigenvalue weighted by atomic mass is 10.0. The van der Waals surface area contributed by atoms with E-state index in [1.165, 1.54) is 32.1 Å². The molecule has 0 aliphatic rings. The van der Waals surface area contributed by atoms with Crippen LogP contribution in [0.3, 0.4) is 0 Å². The SMILES string of the molecule is CCC(OCCCCCCCC(C)C)C(N)CCN. The second kappa shape index (κ2) is 12.9. The van der Waals surface area contributed by atoms with Crippen molar-refractivity contribution in [1.29, 1.82) is 0 Å². The zero-order valence-corrected chi connectivity index (χ0v) is 13.4. The highest BCUT2D eigenvalue weighted by atomic mass is 16.5. The molecule has 0 aromatic rings. The van der Waals surface area contributed by atoms with Gasteiger partial charge in [-0.2, -0.15) is 0 Å². The Morgan fingerprint density at radius 1 is 0.947 bits per heavy atom. The molecule has 4 N–H and O–H groups in total. The number of rotatable bonds is 13. The minimum Gasteiger partial charge on any atom is -0.377 e. The van der Waals surface area contributed by atoms with E-state index in [4.69, 9.17) is 16.2 Å². The van der Waals surface area contributed by atoms with Gasteiger partial charge in [-0.15, -0.1) is 0 Å². The minimum atomic E-state index is 0.0982. The summed E-state index contributed by atoms with van der Waals surface area (Å²) >= 11 is 0. The lowest BCUT2D eigenvalue weighted by Gasteiger charge is -2.22. The number of ether oxygens (including phenoxy) is 1. The lowest BCUT2D eigenvalue weighted by molar-refractivity contribution is 0.0294. The van der Waals surface area contributed by atoms with Crippen LogP contribution in [0.25, 0.3) is 0 Å². The molecule has 0 radical (unpaired) electrons. The van der Waals surface area contributed by atoms with E-state index in [9.17, 15) is 0 Å². The van der Waals surface area contributed by atoms with Gasteiger partial charge >= 0.3 is 0 Å².